The lowest BCUT2D eigenvalue weighted by Crippen LogP contribution is -2.33. The average Bonchev–Trinajstić information content (AvgIpc) is 3.10. The lowest BCUT2D eigenvalue weighted by molar-refractivity contribution is -0.143. The number of rotatable bonds is 8. The van der Waals surface area contributed by atoms with Gasteiger partial charge in [-0.3, -0.25) is 9.69 Å². The molecule has 1 aromatic rings. The predicted octanol–water partition coefficient (Wildman–Crippen LogP) is 6.94. The average molecular weight is 509 g/mol. The van der Waals surface area contributed by atoms with E-state index < -0.39 is 23.5 Å². The number of hydrogen-bond donors (Lipinski definition) is 0. The lowest BCUT2D eigenvalue weighted by atomic mass is 9.94. The summed E-state index contributed by atoms with van der Waals surface area (Å²) in [4.78, 5) is 18.5. The molecule has 4 nitrogen and oxygen atoms in total. The third-order valence-electron chi connectivity index (χ3n) is 5.77. The molecule has 11 heteroatoms. The number of ether oxygens (including phenoxy) is 1. The van der Waals surface area contributed by atoms with E-state index >= 15 is 0 Å². The number of likely N-dealkylation sites (tertiary alicyclic amines) is 1. The van der Waals surface area contributed by atoms with E-state index in [1.54, 1.807) is 0 Å². The van der Waals surface area contributed by atoms with Gasteiger partial charge in [0, 0.05) is 24.7 Å². The number of nitrogens with zero attached hydrogens (tertiary/aromatic N) is 2. The van der Waals surface area contributed by atoms with Crippen LogP contribution in [0.5, 0.6) is 0 Å². The van der Waals surface area contributed by atoms with Gasteiger partial charge in [0.25, 0.3) is 0 Å². The fourth-order valence-corrected chi connectivity index (χ4v) is 4.89. The number of aliphatic imine (C=N–C) groups is 1. The van der Waals surface area contributed by atoms with Crippen LogP contribution in [0, 0.1) is 5.92 Å². The first kappa shape index (κ1) is 26.7. The molecule has 2 aliphatic heterocycles. The highest BCUT2D eigenvalue weighted by Crippen LogP contribution is 2.38. The number of amides is 1. The summed E-state index contributed by atoms with van der Waals surface area (Å²) >= 11 is 1.09. The second-order valence-corrected chi connectivity index (χ2v) is 9.23. The zero-order valence-electron chi connectivity index (χ0n) is 18.6. The van der Waals surface area contributed by atoms with Crippen molar-refractivity contribution in [2.45, 2.75) is 51.5 Å². The molecule has 34 heavy (non-hydrogen) atoms. The zero-order valence-corrected chi connectivity index (χ0v) is 19.5. The molecule has 0 saturated carbocycles. The minimum atomic E-state index is -4.87. The molecule has 0 radical (unpaired) electrons. The molecular formula is C23H26F6N2O2S. The lowest BCUT2D eigenvalue weighted by Gasteiger charge is -2.31. The summed E-state index contributed by atoms with van der Waals surface area (Å²) in [6, 6.07) is 1.81. The highest BCUT2D eigenvalue weighted by Gasteiger charge is 2.38. The summed E-state index contributed by atoms with van der Waals surface area (Å²) in [6.45, 7) is 4.05. The van der Waals surface area contributed by atoms with Crippen LogP contribution in [0.25, 0.3) is 0 Å². The van der Waals surface area contributed by atoms with Crippen LogP contribution in [0.15, 0.2) is 34.2 Å². The molecule has 0 atom stereocenters. The summed E-state index contributed by atoms with van der Waals surface area (Å²) < 4.78 is 84.2. The molecule has 188 valence electrons. The number of piperidine rings is 1. The first-order valence-corrected chi connectivity index (χ1v) is 11.9. The molecular weight excluding hydrogens is 482 g/mol. The van der Waals surface area contributed by atoms with Crippen LogP contribution >= 0.6 is 11.8 Å². The normalized spacial score (nSPS) is 19.8. The largest absolute Gasteiger partial charge is 0.416 e. The Morgan fingerprint density at radius 2 is 1.85 bits per heavy atom. The number of alkyl halides is 6. The maximum absolute atomic E-state index is 13.4. The van der Waals surface area contributed by atoms with Crippen molar-refractivity contribution < 1.29 is 35.9 Å². The van der Waals surface area contributed by atoms with Crippen LogP contribution in [-0.2, 0) is 23.6 Å². The van der Waals surface area contributed by atoms with Crippen LogP contribution in [0.3, 0.4) is 0 Å². The van der Waals surface area contributed by atoms with E-state index in [2.05, 4.69) is 4.99 Å². The molecule has 0 unspecified atom stereocenters. The Kier molecular flexibility index (Phi) is 8.86. The smallest absolute Gasteiger partial charge is 0.382 e. The van der Waals surface area contributed by atoms with Crippen LogP contribution in [0.2, 0.25) is 0 Å². The maximum Gasteiger partial charge on any atom is 0.416 e. The Hall–Kier alpha value is -1.85. The molecule has 1 amide bonds. The summed E-state index contributed by atoms with van der Waals surface area (Å²) in [5.74, 6) is 0.149. The van der Waals surface area contributed by atoms with Gasteiger partial charge in [0.1, 0.15) is 0 Å². The monoisotopic (exact) mass is 508 g/mol. The standard InChI is InChI=1S/C23H26F6N2O2S/c1-2-33-11-3-4-19-20(34-21(32)30-19)12-15-7-9-31(10-8-15)14-16-5-6-17(22(24,25)26)13-18(16)23(27,28)29/h5-6,12-13,15H,2-4,7-11,14H2,1H3/b20-12-. The Balaban J connectivity index is 1.61. The molecule has 2 aliphatic rings. The second kappa shape index (κ2) is 11.3. The van der Waals surface area contributed by atoms with Crippen molar-refractivity contribution in [2.75, 3.05) is 26.3 Å². The SMILES string of the molecule is CCOCCCC1=NC(=O)S/C1=C\C1CCN(Cc2ccc(C(F)(F)F)cc2C(F)(F)F)CC1. The van der Waals surface area contributed by atoms with Crippen LogP contribution in [0.1, 0.15) is 49.3 Å². The Labute approximate surface area is 198 Å². The first-order valence-electron chi connectivity index (χ1n) is 11.1. The highest BCUT2D eigenvalue weighted by atomic mass is 32.2. The van der Waals surface area contributed by atoms with E-state index in [-0.39, 0.29) is 29.3 Å². The molecule has 0 N–H and O–H groups in total. The van der Waals surface area contributed by atoms with E-state index in [4.69, 9.17) is 4.74 Å². The molecule has 3 rings (SSSR count). The molecule has 2 heterocycles. The first-order chi connectivity index (χ1) is 16.0. The van der Waals surface area contributed by atoms with E-state index in [0.717, 1.165) is 34.9 Å². The summed E-state index contributed by atoms with van der Waals surface area (Å²) in [5, 5.41) is -0.253. The minimum Gasteiger partial charge on any atom is -0.382 e. The zero-order chi connectivity index (χ0) is 24.9. The molecule has 0 aromatic heterocycles. The van der Waals surface area contributed by atoms with Crippen molar-refractivity contribution in [1.82, 2.24) is 4.90 Å². The second-order valence-electron chi connectivity index (χ2n) is 8.24. The summed E-state index contributed by atoms with van der Waals surface area (Å²) in [5.41, 5.74) is -1.98. The summed E-state index contributed by atoms with van der Waals surface area (Å²) in [6.07, 6.45) is -4.95. The molecule has 1 aromatic carbocycles. The van der Waals surface area contributed by atoms with E-state index in [1.807, 2.05) is 17.9 Å². The van der Waals surface area contributed by atoms with Crippen molar-refractivity contribution in [3.8, 4) is 0 Å². The third-order valence-corrected chi connectivity index (χ3v) is 6.63. The number of carbonyl (C=O) groups is 1. The predicted molar refractivity (Wildman–Crippen MR) is 119 cm³/mol. The summed E-state index contributed by atoms with van der Waals surface area (Å²) in [7, 11) is 0. The Morgan fingerprint density at radius 1 is 1.15 bits per heavy atom. The molecule has 0 aliphatic carbocycles. The van der Waals surface area contributed by atoms with Gasteiger partial charge in [0.2, 0.25) is 0 Å². The van der Waals surface area contributed by atoms with Gasteiger partial charge in [-0.2, -0.15) is 26.3 Å². The van der Waals surface area contributed by atoms with E-state index in [1.165, 1.54) is 0 Å². The van der Waals surface area contributed by atoms with Crippen LogP contribution < -0.4 is 0 Å². The van der Waals surface area contributed by atoms with Gasteiger partial charge in [0.05, 0.1) is 16.8 Å². The van der Waals surface area contributed by atoms with Gasteiger partial charge in [-0.05, 0) is 81.1 Å². The number of allylic oxidation sites excluding steroid dienone is 2. The Bertz CT molecular complexity index is 934. The maximum atomic E-state index is 13.4. The van der Waals surface area contributed by atoms with Crippen molar-refractivity contribution in [1.29, 1.82) is 0 Å². The van der Waals surface area contributed by atoms with Crippen molar-refractivity contribution in [3.05, 3.63) is 45.9 Å². The van der Waals surface area contributed by atoms with Gasteiger partial charge in [-0.15, -0.1) is 0 Å². The van der Waals surface area contributed by atoms with Crippen molar-refractivity contribution in [2.24, 2.45) is 10.9 Å². The van der Waals surface area contributed by atoms with Gasteiger partial charge in [-0.1, -0.05) is 12.1 Å². The molecule has 0 spiro atoms. The third kappa shape index (κ3) is 7.32. The van der Waals surface area contributed by atoms with Gasteiger partial charge in [-0.25, -0.2) is 4.99 Å². The number of halogens is 6. The quantitative estimate of drug-likeness (QED) is 0.282. The van der Waals surface area contributed by atoms with E-state index in [0.29, 0.717) is 51.6 Å². The number of benzene rings is 1. The number of carbonyl (C=O) groups excluding carboxylic acids is 1. The van der Waals surface area contributed by atoms with E-state index in [9.17, 15) is 31.1 Å². The Morgan fingerprint density at radius 3 is 2.47 bits per heavy atom. The number of hydrogen-bond acceptors (Lipinski definition) is 4. The molecule has 0 bridgehead atoms. The molecule has 1 fully saturated rings. The van der Waals surface area contributed by atoms with Gasteiger partial charge in [0.15, 0.2) is 0 Å². The number of thioether (sulfide) groups is 1. The van der Waals surface area contributed by atoms with Crippen molar-refractivity contribution >= 4 is 22.7 Å². The van der Waals surface area contributed by atoms with Gasteiger partial charge >= 0.3 is 17.6 Å². The molecule has 1 saturated heterocycles. The van der Waals surface area contributed by atoms with Crippen molar-refractivity contribution in [3.63, 3.8) is 0 Å². The fourth-order valence-electron chi connectivity index (χ4n) is 4.02. The van der Waals surface area contributed by atoms with Crippen LogP contribution in [0.4, 0.5) is 31.1 Å². The highest BCUT2D eigenvalue weighted by molar-refractivity contribution is 8.18. The topological polar surface area (TPSA) is 41.9 Å². The van der Waals surface area contributed by atoms with Gasteiger partial charge < -0.3 is 4.74 Å². The minimum absolute atomic E-state index is 0.0757. The van der Waals surface area contributed by atoms with Crippen LogP contribution in [-0.4, -0.2) is 42.2 Å². The fraction of sp³-hybridized carbons (Fsp3) is 0.565.